The second-order valence-corrected chi connectivity index (χ2v) is 11.3. The van der Waals surface area contributed by atoms with Gasteiger partial charge >= 0.3 is 0 Å². The molecule has 0 radical (unpaired) electrons. The highest BCUT2D eigenvalue weighted by molar-refractivity contribution is 7.86. The van der Waals surface area contributed by atoms with E-state index < -0.39 is 40.9 Å². The number of hydrogen-bond donors (Lipinski definition) is 2. The van der Waals surface area contributed by atoms with Crippen molar-refractivity contribution in [3.05, 3.63) is 112 Å². The molecule has 0 aromatic heterocycles. The Labute approximate surface area is 227 Å². The smallest absolute Gasteiger partial charge is 0.282 e. The molecule has 12 nitrogen and oxygen atoms in total. The van der Waals surface area contributed by atoms with E-state index >= 15 is 0 Å². The molecule has 1 amide bonds. The number of amides is 1. The van der Waals surface area contributed by atoms with E-state index in [1.54, 1.807) is 30.3 Å². The van der Waals surface area contributed by atoms with E-state index in [4.69, 9.17) is 0 Å². The zero-order chi connectivity index (χ0) is 28.8. The summed E-state index contributed by atoms with van der Waals surface area (Å²) < 4.78 is 69.2. The van der Waals surface area contributed by atoms with Gasteiger partial charge in [0.15, 0.2) is 0 Å². The normalized spacial score (nSPS) is 15.1. The van der Waals surface area contributed by atoms with Crippen LogP contribution in [0.2, 0.25) is 0 Å². The number of anilines is 1. The zero-order valence-electron chi connectivity index (χ0n) is 20.1. The van der Waals surface area contributed by atoms with Crippen LogP contribution in [0, 0.1) is 10.1 Å². The Balaban J connectivity index is 1.81. The van der Waals surface area contributed by atoms with Gasteiger partial charge < -0.3 is 0 Å². The summed E-state index contributed by atoms with van der Waals surface area (Å²) in [7, 11) is -9.90. The number of benzene rings is 4. The molecule has 0 saturated heterocycles. The summed E-state index contributed by atoms with van der Waals surface area (Å²) in [5.74, 6) is -0.919. The van der Waals surface area contributed by atoms with E-state index in [2.05, 4.69) is 4.99 Å². The van der Waals surface area contributed by atoms with Crippen molar-refractivity contribution in [2.24, 2.45) is 4.99 Å². The lowest BCUT2D eigenvalue weighted by Crippen LogP contribution is -2.34. The minimum atomic E-state index is -5.12. The maximum atomic E-state index is 13.8. The van der Waals surface area contributed by atoms with Crippen LogP contribution in [0.15, 0.2) is 105 Å². The topological polar surface area (TPSA) is 185 Å². The lowest BCUT2D eigenvalue weighted by atomic mass is 10.1. The molecule has 0 spiro atoms. The van der Waals surface area contributed by atoms with Crippen LogP contribution in [-0.4, -0.2) is 42.6 Å². The Morgan fingerprint density at radius 2 is 1.48 bits per heavy atom. The zero-order valence-corrected chi connectivity index (χ0v) is 21.7. The molecule has 0 bridgehead atoms. The van der Waals surface area contributed by atoms with Crippen LogP contribution < -0.4 is 4.90 Å². The van der Waals surface area contributed by atoms with Gasteiger partial charge in [-0.3, -0.25) is 28.9 Å². The lowest BCUT2D eigenvalue weighted by molar-refractivity contribution is -0.385. The highest BCUT2D eigenvalue weighted by atomic mass is 32.2. The van der Waals surface area contributed by atoms with Crippen LogP contribution in [0.4, 0.5) is 11.4 Å². The number of nitro benzene ring substituents is 1. The maximum Gasteiger partial charge on any atom is 0.297 e. The number of fused-ring (bicyclic) bond motifs is 1. The first-order valence-corrected chi connectivity index (χ1v) is 14.2. The van der Waals surface area contributed by atoms with E-state index in [9.17, 15) is 40.8 Å². The van der Waals surface area contributed by atoms with E-state index in [0.717, 1.165) is 17.0 Å². The highest BCUT2D eigenvalue weighted by Crippen LogP contribution is 2.39. The number of hydrogen-bond acceptors (Lipinski definition) is 8. The highest BCUT2D eigenvalue weighted by Gasteiger charge is 2.37. The number of carbonyl (C=O) groups excluding carboxylic acids is 1. The molecule has 0 unspecified atom stereocenters. The molecular formula is C26H17N3O9S2. The van der Waals surface area contributed by atoms with Crippen molar-refractivity contribution < 1.29 is 35.7 Å². The number of nitro groups is 1. The molecule has 1 heterocycles. The van der Waals surface area contributed by atoms with Gasteiger partial charge in [0.1, 0.15) is 21.3 Å². The van der Waals surface area contributed by atoms with E-state index in [1.165, 1.54) is 48.5 Å². The van der Waals surface area contributed by atoms with Crippen LogP contribution in [0.25, 0.3) is 16.8 Å². The SMILES string of the molecule is O=C1/C(=C/c2ccccc2[N+](=O)[O-])N=C(c2ccccc2)N1c1ccc2c(S(=O)(=O)O)cccc2c1S(=O)(=O)O. The van der Waals surface area contributed by atoms with Crippen molar-refractivity contribution in [3.8, 4) is 0 Å². The van der Waals surface area contributed by atoms with Gasteiger partial charge in [-0.2, -0.15) is 16.8 Å². The van der Waals surface area contributed by atoms with E-state index in [1.807, 2.05) is 0 Å². The van der Waals surface area contributed by atoms with Gasteiger partial charge in [0, 0.05) is 22.4 Å². The van der Waals surface area contributed by atoms with Gasteiger partial charge in [-0.1, -0.05) is 60.7 Å². The number of amidine groups is 1. The maximum absolute atomic E-state index is 13.8. The van der Waals surface area contributed by atoms with E-state index in [0.29, 0.717) is 5.56 Å². The van der Waals surface area contributed by atoms with Gasteiger partial charge in [0.25, 0.3) is 31.8 Å². The third-order valence-electron chi connectivity index (χ3n) is 6.05. The number of nitrogens with zero attached hydrogens (tertiary/aromatic N) is 3. The largest absolute Gasteiger partial charge is 0.297 e. The monoisotopic (exact) mass is 579 g/mol. The number of carbonyl (C=O) groups is 1. The van der Waals surface area contributed by atoms with Crippen LogP contribution in [0.5, 0.6) is 0 Å². The molecule has 5 rings (SSSR count). The molecule has 0 saturated carbocycles. The Morgan fingerprint density at radius 3 is 2.12 bits per heavy atom. The Hall–Kier alpha value is -4.76. The molecule has 4 aromatic rings. The first-order chi connectivity index (χ1) is 18.9. The van der Waals surface area contributed by atoms with E-state index in [-0.39, 0.29) is 39.2 Å². The van der Waals surface area contributed by atoms with Crippen LogP contribution in [-0.2, 0) is 25.0 Å². The molecule has 202 valence electrons. The van der Waals surface area contributed by atoms with Crippen molar-refractivity contribution in [2.45, 2.75) is 9.79 Å². The summed E-state index contributed by atoms with van der Waals surface area (Å²) in [6, 6.07) is 19.5. The predicted molar refractivity (Wildman–Crippen MR) is 145 cm³/mol. The fourth-order valence-corrected chi connectivity index (χ4v) is 5.99. The van der Waals surface area contributed by atoms with Gasteiger partial charge in [0.05, 0.1) is 16.2 Å². The summed E-state index contributed by atoms with van der Waals surface area (Å²) in [6.45, 7) is 0. The molecule has 40 heavy (non-hydrogen) atoms. The van der Waals surface area contributed by atoms with Crippen molar-refractivity contribution >= 4 is 60.2 Å². The van der Waals surface area contributed by atoms with Crippen molar-refractivity contribution in [3.63, 3.8) is 0 Å². The standard InChI is InChI=1S/C26H17N3O9S2/c30-26-20(15-17-9-4-5-11-21(17)29(31)32)27-25(16-7-2-1-3-8-16)28(26)22-14-13-18-19(24(22)40(36,37)38)10-6-12-23(18)39(33,34)35/h1-15H,(H,33,34,35)(H,36,37,38)/b20-15-. The fourth-order valence-electron chi connectivity index (χ4n) is 4.41. The summed E-state index contributed by atoms with van der Waals surface area (Å²) in [5.41, 5.74) is -0.475. The quantitative estimate of drug-likeness (QED) is 0.147. The molecular weight excluding hydrogens is 562 g/mol. The molecule has 0 atom stereocenters. The number of aliphatic imine (C=N–C) groups is 1. The minimum absolute atomic E-state index is 0.0504. The fraction of sp³-hybridized carbons (Fsp3) is 0. The first kappa shape index (κ1) is 26.8. The first-order valence-electron chi connectivity index (χ1n) is 11.3. The average Bonchev–Trinajstić information content (AvgIpc) is 3.22. The van der Waals surface area contributed by atoms with Gasteiger partial charge in [0.2, 0.25) is 0 Å². The third-order valence-corrected chi connectivity index (χ3v) is 7.90. The van der Waals surface area contributed by atoms with Crippen LogP contribution in [0.3, 0.4) is 0 Å². The molecule has 4 aromatic carbocycles. The molecule has 0 fully saturated rings. The molecule has 14 heteroatoms. The predicted octanol–water partition coefficient (Wildman–Crippen LogP) is 4.08. The Bertz CT molecular complexity index is 2000. The van der Waals surface area contributed by atoms with Crippen molar-refractivity contribution in [2.75, 3.05) is 4.90 Å². The second-order valence-electron chi connectivity index (χ2n) is 8.50. The van der Waals surface area contributed by atoms with Crippen LogP contribution in [0.1, 0.15) is 11.1 Å². The number of para-hydroxylation sites is 1. The second kappa shape index (κ2) is 9.77. The Kier molecular flexibility index (Phi) is 6.55. The van der Waals surface area contributed by atoms with Crippen LogP contribution >= 0.6 is 0 Å². The van der Waals surface area contributed by atoms with Gasteiger partial charge in [-0.15, -0.1) is 0 Å². The molecule has 0 aliphatic carbocycles. The van der Waals surface area contributed by atoms with Crippen molar-refractivity contribution in [1.29, 1.82) is 0 Å². The van der Waals surface area contributed by atoms with Crippen molar-refractivity contribution in [1.82, 2.24) is 0 Å². The summed E-state index contributed by atoms with van der Waals surface area (Å²) in [5, 5.41) is 11.0. The summed E-state index contributed by atoms with van der Waals surface area (Å²) in [4.78, 5) is 28.5. The van der Waals surface area contributed by atoms with Gasteiger partial charge in [-0.25, -0.2) is 4.99 Å². The minimum Gasteiger partial charge on any atom is -0.282 e. The lowest BCUT2D eigenvalue weighted by Gasteiger charge is -2.22. The summed E-state index contributed by atoms with van der Waals surface area (Å²) in [6.07, 6.45) is 1.19. The summed E-state index contributed by atoms with van der Waals surface area (Å²) >= 11 is 0. The molecule has 2 N–H and O–H groups in total. The Morgan fingerprint density at radius 1 is 0.800 bits per heavy atom. The number of rotatable bonds is 6. The average molecular weight is 580 g/mol. The molecule has 1 aliphatic rings. The third kappa shape index (κ3) is 4.76. The molecule has 1 aliphatic heterocycles. The van der Waals surface area contributed by atoms with Gasteiger partial charge in [-0.05, 0) is 24.3 Å².